The van der Waals surface area contributed by atoms with Gasteiger partial charge in [0.25, 0.3) is 0 Å². The molecule has 0 atom stereocenters. The Morgan fingerprint density at radius 3 is 2.36 bits per heavy atom. The smallest absolute Gasteiger partial charge is 0.136 e. The van der Waals surface area contributed by atoms with Gasteiger partial charge in [0.05, 0.1) is 0 Å². The molecule has 1 rings (SSSR count). The number of piperidine rings is 1. The zero-order chi connectivity index (χ0) is 7.78. The minimum absolute atomic E-state index is 0. The van der Waals surface area contributed by atoms with Crippen LogP contribution >= 0.6 is 12.4 Å². The van der Waals surface area contributed by atoms with Gasteiger partial charge in [-0.2, -0.15) is 0 Å². The molecule has 1 aliphatic heterocycles. The summed E-state index contributed by atoms with van der Waals surface area (Å²) in [5, 5.41) is 0. The van der Waals surface area contributed by atoms with Gasteiger partial charge >= 0.3 is 0 Å². The van der Waals surface area contributed by atoms with E-state index in [1.54, 1.807) is 0 Å². The highest BCUT2D eigenvalue weighted by atomic mass is 35.5. The van der Waals surface area contributed by atoms with E-state index in [2.05, 4.69) is 25.8 Å². The van der Waals surface area contributed by atoms with Gasteiger partial charge in [0.15, 0.2) is 0 Å². The van der Waals surface area contributed by atoms with Gasteiger partial charge in [-0.15, -0.1) is 12.4 Å². The Balaban J connectivity index is 0.000001000. The Morgan fingerprint density at radius 2 is 2.00 bits per heavy atom. The van der Waals surface area contributed by atoms with Crippen LogP contribution in [0.2, 0.25) is 0 Å². The second-order valence-corrected chi connectivity index (χ2v) is 3.70. The molecule has 0 aromatic heterocycles. The summed E-state index contributed by atoms with van der Waals surface area (Å²) in [4.78, 5) is 13.2. The van der Waals surface area contributed by atoms with Gasteiger partial charge in [-0.05, 0) is 20.9 Å². The Labute approximate surface area is 74.4 Å². The summed E-state index contributed by atoms with van der Waals surface area (Å²) >= 11 is 0. The van der Waals surface area contributed by atoms with Crippen molar-refractivity contribution in [1.82, 2.24) is 4.90 Å². The molecule has 0 aromatic rings. The molecule has 1 saturated heterocycles. The van der Waals surface area contributed by atoms with Crippen LogP contribution in [0, 0.1) is 0 Å². The van der Waals surface area contributed by atoms with Crippen molar-refractivity contribution in [2.24, 2.45) is 0 Å². The highest BCUT2D eigenvalue weighted by Crippen LogP contribution is 2.22. The first kappa shape index (κ1) is 10.9. The Kier molecular flexibility index (Phi) is 3.52. The highest BCUT2D eigenvalue weighted by molar-refractivity contribution is 5.85. The van der Waals surface area contributed by atoms with E-state index in [1.165, 1.54) is 0 Å². The molecule has 0 spiro atoms. The molecule has 1 aliphatic rings. The van der Waals surface area contributed by atoms with Crippen molar-refractivity contribution in [2.45, 2.75) is 32.2 Å². The quantitative estimate of drug-likeness (QED) is 0.559. The van der Waals surface area contributed by atoms with E-state index in [0.29, 0.717) is 12.2 Å². The van der Waals surface area contributed by atoms with Gasteiger partial charge in [-0.3, -0.25) is 4.79 Å². The molecule has 3 heteroatoms. The first-order valence-electron chi connectivity index (χ1n) is 3.75. The van der Waals surface area contributed by atoms with Gasteiger partial charge < -0.3 is 4.90 Å². The third-order valence-corrected chi connectivity index (χ3v) is 2.39. The fourth-order valence-corrected chi connectivity index (χ4v) is 1.30. The highest BCUT2D eigenvalue weighted by Gasteiger charge is 2.30. The van der Waals surface area contributed by atoms with Crippen molar-refractivity contribution in [3.05, 3.63) is 0 Å². The van der Waals surface area contributed by atoms with Crippen molar-refractivity contribution in [3.63, 3.8) is 0 Å². The predicted molar refractivity (Wildman–Crippen MR) is 48.2 cm³/mol. The molecule has 1 fully saturated rings. The standard InChI is InChI=1S/C8H15NO.ClH/c1-8(2)6-7(10)4-5-9(8)3;/h4-6H2,1-3H3;1H. The number of carbonyl (C=O) groups is 1. The van der Waals surface area contributed by atoms with Crippen LogP contribution < -0.4 is 0 Å². The van der Waals surface area contributed by atoms with Crippen LogP contribution in [-0.4, -0.2) is 29.8 Å². The molecule has 2 nitrogen and oxygen atoms in total. The summed E-state index contributed by atoms with van der Waals surface area (Å²) in [6.07, 6.45) is 1.45. The lowest BCUT2D eigenvalue weighted by Gasteiger charge is -2.38. The number of Topliss-reactive ketones (excluding diaryl/α,β-unsaturated/α-hetero) is 1. The Hall–Kier alpha value is -0.0800. The number of hydrogen-bond acceptors (Lipinski definition) is 2. The van der Waals surface area contributed by atoms with Gasteiger partial charge in [0, 0.05) is 24.9 Å². The van der Waals surface area contributed by atoms with E-state index < -0.39 is 0 Å². The maximum absolute atomic E-state index is 11.0. The lowest BCUT2D eigenvalue weighted by Crippen LogP contribution is -2.47. The van der Waals surface area contributed by atoms with Crippen LogP contribution in [0.5, 0.6) is 0 Å². The summed E-state index contributed by atoms with van der Waals surface area (Å²) < 4.78 is 0. The van der Waals surface area contributed by atoms with Crippen molar-refractivity contribution >= 4 is 18.2 Å². The van der Waals surface area contributed by atoms with E-state index >= 15 is 0 Å². The monoisotopic (exact) mass is 177 g/mol. The van der Waals surface area contributed by atoms with Crippen LogP contribution in [0.4, 0.5) is 0 Å². The normalized spacial score (nSPS) is 24.5. The van der Waals surface area contributed by atoms with E-state index in [0.717, 1.165) is 13.0 Å². The van der Waals surface area contributed by atoms with E-state index in [1.807, 2.05) is 0 Å². The zero-order valence-corrected chi connectivity index (χ0v) is 8.20. The van der Waals surface area contributed by atoms with Crippen LogP contribution in [0.15, 0.2) is 0 Å². The van der Waals surface area contributed by atoms with Crippen molar-refractivity contribution < 1.29 is 4.79 Å². The van der Waals surface area contributed by atoms with Crippen molar-refractivity contribution in [2.75, 3.05) is 13.6 Å². The first-order chi connectivity index (χ1) is 4.52. The fourth-order valence-electron chi connectivity index (χ4n) is 1.30. The second kappa shape index (κ2) is 3.55. The average Bonchev–Trinajstić information content (AvgIpc) is 1.78. The van der Waals surface area contributed by atoms with Crippen LogP contribution in [0.3, 0.4) is 0 Å². The molecule has 66 valence electrons. The van der Waals surface area contributed by atoms with Crippen molar-refractivity contribution in [3.8, 4) is 0 Å². The third kappa shape index (κ3) is 2.46. The number of nitrogens with zero attached hydrogens (tertiary/aromatic N) is 1. The molecule has 0 radical (unpaired) electrons. The average molecular weight is 178 g/mol. The first-order valence-corrected chi connectivity index (χ1v) is 3.75. The molecule has 0 aliphatic carbocycles. The number of ketones is 1. The Morgan fingerprint density at radius 1 is 1.45 bits per heavy atom. The molecular formula is C8H16ClNO. The van der Waals surface area contributed by atoms with Gasteiger partial charge in [-0.1, -0.05) is 0 Å². The lowest BCUT2D eigenvalue weighted by molar-refractivity contribution is -0.124. The van der Waals surface area contributed by atoms with E-state index in [9.17, 15) is 4.79 Å². The molecule has 1 heterocycles. The van der Waals surface area contributed by atoms with Gasteiger partial charge in [0.1, 0.15) is 5.78 Å². The predicted octanol–water partition coefficient (Wildman–Crippen LogP) is 1.48. The summed E-state index contributed by atoms with van der Waals surface area (Å²) in [7, 11) is 2.08. The molecule has 0 unspecified atom stereocenters. The number of hydrogen-bond donors (Lipinski definition) is 0. The summed E-state index contributed by atoms with van der Waals surface area (Å²) in [6.45, 7) is 5.15. The number of likely N-dealkylation sites (tertiary alicyclic amines) is 1. The summed E-state index contributed by atoms with van der Waals surface area (Å²) in [6, 6.07) is 0. The zero-order valence-electron chi connectivity index (χ0n) is 7.39. The van der Waals surface area contributed by atoms with E-state index in [-0.39, 0.29) is 17.9 Å². The molecule has 0 amide bonds. The van der Waals surface area contributed by atoms with E-state index in [4.69, 9.17) is 0 Å². The summed E-state index contributed by atoms with van der Waals surface area (Å²) in [5.74, 6) is 0.406. The fraction of sp³-hybridized carbons (Fsp3) is 0.875. The number of halogens is 1. The Bertz CT molecular complexity index is 156. The third-order valence-electron chi connectivity index (χ3n) is 2.39. The van der Waals surface area contributed by atoms with Crippen LogP contribution in [0.25, 0.3) is 0 Å². The number of carbonyl (C=O) groups excluding carboxylic acids is 1. The summed E-state index contributed by atoms with van der Waals surface area (Å²) in [5.41, 5.74) is 0.0926. The van der Waals surface area contributed by atoms with Gasteiger partial charge in [0.2, 0.25) is 0 Å². The maximum Gasteiger partial charge on any atom is 0.136 e. The molecule has 0 saturated carbocycles. The SMILES string of the molecule is CN1CCC(=O)CC1(C)C.Cl. The van der Waals surface area contributed by atoms with Gasteiger partial charge in [-0.25, -0.2) is 0 Å². The maximum atomic E-state index is 11.0. The molecule has 0 bridgehead atoms. The largest absolute Gasteiger partial charge is 0.300 e. The van der Waals surface area contributed by atoms with Crippen LogP contribution in [-0.2, 0) is 4.79 Å². The van der Waals surface area contributed by atoms with Crippen LogP contribution in [0.1, 0.15) is 26.7 Å². The molecule has 0 aromatic carbocycles. The minimum Gasteiger partial charge on any atom is -0.300 e. The molecule has 0 N–H and O–H groups in total. The minimum atomic E-state index is 0. The molecular weight excluding hydrogens is 162 g/mol. The molecule has 11 heavy (non-hydrogen) atoms. The topological polar surface area (TPSA) is 20.3 Å². The second-order valence-electron chi connectivity index (χ2n) is 3.70. The lowest BCUT2D eigenvalue weighted by atomic mass is 9.90. The number of rotatable bonds is 0. The van der Waals surface area contributed by atoms with Crippen molar-refractivity contribution in [1.29, 1.82) is 0 Å².